The van der Waals surface area contributed by atoms with Crippen molar-refractivity contribution in [3.8, 4) is 17.2 Å². The minimum atomic E-state index is -4.86. The van der Waals surface area contributed by atoms with Gasteiger partial charge in [-0.3, -0.25) is 0 Å². The number of ether oxygens (including phenoxy) is 2. The highest BCUT2D eigenvalue weighted by atomic mass is 19.4. The molecule has 0 fully saturated rings. The third kappa shape index (κ3) is 6.66. The Balaban J connectivity index is 1.67. The molecular formula is C25H22F6O2. The maximum absolute atomic E-state index is 14.1. The van der Waals surface area contributed by atoms with Crippen molar-refractivity contribution in [2.75, 3.05) is 0 Å². The van der Waals surface area contributed by atoms with Crippen LogP contribution in [0.3, 0.4) is 0 Å². The van der Waals surface area contributed by atoms with Crippen LogP contribution in [0.15, 0.2) is 72.8 Å². The van der Waals surface area contributed by atoms with Crippen molar-refractivity contribution in [2.24, 2.45) is 0 Å². The molecule has 1 unspecified atom stereocenters. The molecule has 0 aliphatic carbocycles. The van der Waals surface area contributed by atoms with Crippen molar-refractivity contribution in [3.05, 3.63) is 89.7 Å². The summed E-state index contributed by atoms with van der Waals surface area (Å²) in [5.74, 6) is -0.506. The second-order valence-corrected chi connectivity index (χ2v) is 7.82. The molecule has 0 amide bonds. The average molecular weight is 468 g/mol. The standard InChI is InChI=1S/C25H22F6O2/c1-24(23(27)28,18-10-12-20(13-11-18)33-25(29,30)31)15-5-6-17-9-14-21(26)22(16-17)32-19-7-3-2-4-8-19/h2-4,7-14,16,23H,5-6,15H2,1H3. The predicted octanol–water partition coefficient (Wildman–Crippen LogP) is 8.06. The Kier molecular flexibility index (Phi) is 7.56. The first-order chi connectivity index (χ1) is 15.6. The van der Waals surface area contributed by atoms with E-state index in [4.69, 9.17) is 4.74 Å². The summed E-state index contributed by atoms with van der Waals surface area (Å²) in [5, 5.41) is 0. The molecule has 2 nitrogen and oxygen atoms in total. The fraction of sp³-hybridized carbons (Fsp3) is 0.280. The van der Waals surface area contributed by atoms with E-state index in [1.165, 1.54) is 31.2 Å². The SMILES string of the molecule is CC(CCCc1ccc(F)c(Oc2ccccc2)c1)(c1ccc(OC(F)(F)F)cc1)C(F)F. The summed E-state index contributed by atoms with van der Waals surface area (Å²) in [5.41, 5.74) is -0.646. The second kappa shape index (κ2) is 10.2. The Labute approximate surface area is 187 Å². The van der Waals surface area contributed by atoms with Gasteiger partial charge in [0.05, 0.1) is 5.41 Å². The fourth-order valence-electron chi connectivity index (χ4n) is 3.47. The van der Waals surface area contributed by atoms with Gasteiger partial charge in [-0.15, -0.1) is 13.2 Å². The number of para-hydroxylation sites is 1. The lowest BCUT2D eigenvalue weighted by atomic mass is 9.78. The van der Waals surface area contributed by atoms with Crippen LogP contribution in [0.4, 0.5) is 26.3 Å². The van der Waals surface area contributed by atoms with Crippen LogP contribution in [-0.2, 0) is 11.8 Å². The number of rotatable bonds is 9. The molecule has 176 valence electrons. The van der Waals surface area contributed by atoms with E-state index in [-0.39, 0.29) is 17.7 Å². The summed E-state index contributed by atoms with van der Waals surface area (Å²) >= 11 is 0. The lowest BCUT2D eigenvalue weighted by Gasteiger charge is -2.29. The molecule has 0 heterocycles. The highest BCUT2D eigenvalue weighted by Gasteiger charge is 2.37. The van der Waals surface area contributed by atoms with Gasteiger partial charge in [-0.2, -0.15) is 0 Å². The maximum Gasteiger partial charge on any atom is 0.573 e. The van der Waals surface area contributed by atoms with E-state index in [1.54, 1.807) is 36.4 Å². The van der Waals surface area contributed by atoms with Crippen LogP contribution in [0, 0.1) is 5.82 Å². The van der Waals surface area contributed by atoms with E-state index in [0.717, 1.165) is 12.1 Å². The molecule has 3 rings (SSSR count). The van der Waals surface area contributed by atoms with E-state index in [9.17, 15) is 26.3 Å². The molecule has 0 radical (unpaired) electrons. The van der Waals surface area contributed by atoms with Gasteiger partial charge < -0.3 is 9.47 Å². The zero-order valence-corrected chi connectivity index (χ0v) is 17.7. The number of hydrogen-bond acceptors (Lipinski definition) is 2. The fourth-order valence-corrected chi connectivity index (χ4v) is 3.47. The number of alkyl halides is 5. The second-order valence-electron chi connectivity index (χ2n) is 7.82. The molecule has 0 aliphatic rings. The van der Waals surface area contributed by atoms with E-state index in [0.29, 0.717) is 24.2 Å². The first-order valence-corrected chi connectivity index (χ1v) is 10.2. The Morgan fingerprint density at radius 3 is 2.12 bits per heavy atom. The van der Waals surface area contributed by atoms with Gasteiger partial charge in [-0.05, 0) is 66.8 Å². The van der Waals surface area contributed by atoms with Crippen LogP contribution in [-0.4, -0.2) is 12.8 Å². The van der Waals surface area contributed by atoms with Crippen molar-refractivity contribution >= 4 is 0 Å². The molecule has 0 spiro atoms. The Morgan fingerprint density at radius 1 is 0.848 bits per heavy atom. The first-order valence-electron chi connectivity index (χ1n) is 10.2. The van der Waals surface area contributed by atoms with Crippen molar-refractivity contribution in [1.29, 1.82) is 0 Å². The molecule has 3 aromatic rings. The molecule has 8 heteroatoms. The van der Waals surface area contributed by atoms with Crippen LogP contribution in [0.5, 0.6) is 17.2 Å². The summed E-state index contributed by atoms with van der Waals surface area (Å²) in [7, 11) is 0. The molecule has 0 saturated heterocycles. The summed E-state index contributed by atoms with van der Waals surface area (Å²) in [4.78, 5) is 0. The molecule has 0 aliphatic heterocycles. The van der Waals surface area contributed by atoms with E-state index in [2.05, 4.69) is 4.74 Å². The van der Waals surface area contributed by atoms with Crippen LogP contribution >= 0.6 is 0 Å². The average Bonchev–Trinajstić information content (AvgIpc) is 2.76. The minimum Gasteiger partial charge on any atom is -0.454 e. The zero-order chi connectivity index (χ0) is 24.1. The van der Waals surface area contributed by atoms with Crippen LogP contribution < -0.4 is 9.47 Å². The van der Waals surface area contributed by atoms with E-state index in [1.807, 2.05) is 0 Å². The van der Waals surface area contributed by atoms with Crippen molar-refractivity contribution in [2.45, 2.75) is 44.4 Å². The lowest BCUT2D eigenvalue weighted by Crippen LogP contribution is -2.31. The summed E-state index contributed by atoms with van der Waals surface area (Å²) < 4.78 is 88.4. The minimum absolute atomic E-state index is 0.0376. The molecule has 3 aromatic carbocycles. The summed E-state index contributed by atoms with van der Waals surface area (Å²) in [6, 6.07) is 17.5. The van der Waals surface area contributed by atoms with Crippen LogP contribution in [0.1, 0.15) is 30.9 Å². The van der Waals surface area contributed by atoms with Crippen molar-refractivity contribution in [1.82, 2.24) is 0 Å². The van der Waals surface area contributed by atoms with Gasteiger partial charge in [-0.25, -0.2) is 13.2 Å². The van der Waals surface area contributed by atoms with E-state index < -0.39 is 29.8 Å². The first kappa shape index (κ1) is 24.5. The molecule has 0 N–H and O–H groups in total. The molecule has 0 saturated carbocycles. The Morgan fingerprint density at radius 2 is 1.52 bits per heavy atom. The highest BCUT2D eigenvalue weighted by molar-refractivity contribution is 5.36. The molecule has 0 bridgehead atoms. The molecule has 1 atom stereocenters. The number of benzene rings is 3. The van der Waals surface area contributed by atoms with Gasteiger partial charge in [0.25, 0.3) is 0 Å². The third-order valence-corrected chi connectivity index (χ3v) is 5.36. The largest absolute Gasteiger partial charge is 0.573 e. The normalized spacial score (nSPS) is 13.6. The van der Waals surface area contributed by atoms with Crippen LogP contribution in [0.2, 0.25) is 0 Å². The van der Waals surface area contributed by atoms with Crippen molar-refractivity contribution in [3.63, 3.8) is 0 Å². The van der Waals surface area contributed by atoms with Gasteiger partial charge in [0.1, 0.15) is 11.5 Å². The van der Waals surface area contributed by atoms with Gasteiger partial charge in [0.2, 0.25) is 6.43 Å². The van der Waals surface area contributed by atoms with Crippen molar-refractivity contribution < 1.29 is 35.8 Å². The zero-order valence-electron chi connectivity index (χ0n) is 17.7. The topological polar surface area (TPSA) is 18.5 Å². The summed E-state index contributed by atoms with van der Waals surface area (Å²) in [6.45, 7) is 1.37. The number of aryl methyl sites for hydroxylation is 1. The predicted molar refractivity (Wildman–Crippen MR) is 112 cm³/mol. The van der Waals surface area contributed by atoms with E-state index >= 15 is 0 Å². The lowest BCUT2D eigenvalue weighted by molar-refractivity contribution is -0.274. The Hall–Kier alpha value is -3.16. The van der Waals surface area contributed by atoms with Gasteiger partial charge in [-0.1, -0.05) is 43.3 Å². The van der Waals surface area contributed by atoms with Gasteiger partial charge in [0.15, 0.2) is 11.6 Å². The number of halogens is 6. The third-order valence-electron chi connectivity index (χ3n) is 5.36. The van der Waals surface area contributed by atoms with Crippen LogP contribution in [0.25, 0.3) is 0 Å². The van der Waals surface area contributed by atoms with Gasteiger partial charge >= 0.3 is 6.36 Å². The monoisotopic (exact) mass is 468 g/mol. The highest BCUT2D eigenvalue weighted by Crippen LogP contribution is 2.37. The quantitative estimate of drug-likeness (QED) is 0.296. The molecular weight excluding hydrogens is 446 g/mol. The molecule has 0 aromatic heterocycles. The van der Waals surface area contributed by atoms with Gasteiger partial charge in [0, 0.05) is 0 Å². The maximum atomic E-state index is 14.1. The smallest absolute Gasteiger partial charge is 0.454 e. The summed E-state index contributed by atoms with van der Waals surface area (Å²) in [6.07, 6.45) is -6.79. The Bertz CT molecular complexity index is 1040. The molecule has 33 heavy (non-hydrogen) atoms. The number of hydrogen-bond donors (Lipinski definition) is 0.